The summed E-state index contributed by atoms with van der Waals surface area (Å²) in [6.45, 7) is 5.39. The molecule has 1 N–H and O–H groups in total. The van der Waals surface area contributed by atoms with E-state index in [1.165, 1.54) is 11.1 Å². The molecular weight excluding hydrogens is 252 g/mol. The molecule has 1 amide bonds. The van der Waals surface area contributed by atoms with Crippen LogP contribution in [-0.2, 0) is 11.3 Å². The van der Waals surface area contributed by atoms with E-state index in [2.05, 4.69) is 36.5 Å². The van der Waals surface area contributed by atoms with Crippen LogP contribution in [-0.4, -0.2) is 36.7 Å². The van der Waals surface area contributed by atoms with Crippen molar-refractivity contribution >= 4 is 6.09 Å². The Balaban J connectivity index is 1.71. The molecule has 1 aromatic carbocycles. The topological polar surface area (TPSA) is 41.6 Å². The average Bonchev–Trinajstić information content (AvgIpc) is 2.84. The molecule has 1 aromatic rings. The van der Waals surface area contributed by atoms with Gasteiger partial charge in [0.2, 0.25) is 0 Å². The van der Waals surface area contributed by atoms with E-state index in [4.69, 9.17) is 4.74 Å². The van der Waals surface area contributed by atoms with Gasteiger partial charge in [-0.15, -0.1) is 0 Å². The van der Waals surface area contributed by atoms with Crippen molar-refractivity contribution in [2.24, 2.45) is 5.92 Å². The van der Waals surface area contributed by atoms with Gasteiger partial charge < -0.3 is 10.1 Å². The van der Waals surface area contributed by atoms with Crippen LogP contribution in [0.2, 0.25) is 0 Å². The van der Waals surface area contributed by atoms with Crippen LogP contribution in [0.5, 0.6) is 0 Å². The number of nitrogens with one attached hydrogen (secondary N) is 1. The molecule has 20 heavy (non-hydrogen) atoms. The standard InChI is InChI=1S/C16H22N2O2/c1-12-2-4-13(5-3-12)10-18-15(11-20-16(18)19)14-6-8-17-9-7-14/h2-5,14-15,17H,6-11H2,1H3. The van der Waals surface area contributed by atoms with Gasteiger partial charge in [-0.1, -0.05) is 29.8 Å². The first-order valence-electron chi connectivity index (χ1n) is 7.44. The van der Waals surface area contributed by atoms with Gasteiger partial charge in [0.15, 0.2) is 0 Å². The molecule has 2 fully saturated rings. The number of ether oxygens (including phenoxy) is 1. The zero-order valence-corrected chi connectivity index (χ0v) is 12.0. The van der Waals surface area contributed by atoms with Gasteiger partial charge >= 0.3 is 6.09 Å². The molecule has 0 radical (unpaired) electrons. The highest BCUT2D eigenvalue weighted by Gasteiger charge is 2.38. The number of hydrogen-bond donors (Lipinski definition) is 1. The molecule has 1 unspecified atom stereocenters. The summed E-state index contributed by atoms with van der Waals surface area (Å²) in [4.78, 5) is 13.9. The fraction of sp³-hybridized carbons (Fsp3) is 0.562. The number of nitrogens with zero attached hydrogens (tertiary/aromatic N) is 1. The second-order valence-corrected chi connectivity index (χ2v) is 5.85. The van der Waals surface area contributed by atoms with Gasteiger partial charge in [-0.2, -0.15) is 0 Å². The Labute approximate surface area is 120 Å². The number of cyclic esters (lactones) is 1. The molecule has 0 bridgehead atoms. The van der Waals surface area contributed by atoms with Gasteiger partial charge in [0.05, 0.1) is 6.04 Å². The third-order valence-electron chi connectivity index (χ3n) is 4.41. The first-order valence-corrected chi connectivity index (χ1v) is 7.44. The number of carbonyl (C=O) groups excluding carboxylic acids is 1. The van der Waals surface area contributed by atoms with Gasteiger partial charge in [-0.3, -0.25) is 4.90 Å². The smallest absolute Gasteiger partial charge is 0.410 e. The quantitative estimate of drug-likeness (QED) is 0.919. The minimum absolute atomic E-state index is 0.158. The van der Waals surface area contributed by atoms with E-state index in [1.54, 1.807) is 0 Å². The summed E-state index contributed by atoms with van der Waals surface area (Å²) in [5.41, 5.74) is 2.42. The van der Waals surface area contributed by atoms with E-state index in [0.717, 1.165) is 25.9 Å². The van der Waals surface area contributed by atoms with Crippen molar-refractivity contribution in [1.82, 2.24) is 10.2 Å². The number of aryl methyl sites for hydroxylation is 1. The largest absolute Gasteiger partial charge is 0.447 e. The van der Waals surface area contributed by atoms with Crippen LogP contribution in [0.25, 0.3) is 0 Å². The molecular formula is C16H22N2O2. The lowest BCUT2D eigenvalue weighted by Crippen LogP contribution is -2.43. The first kappa shape index (κ1) is 13.4. The highest BCUT2D eigenvalue weighted by atomic mass is 16.6. The van der Waals surface area contributed by atoms with E-state index < -0.39 is 0 Å². The second-order valence-electron chi connectivity index (χ2n) is 5.85. The molecule has 0 saturated carbocycles. The number of amides is 1. The van der Waals surface area contributed by atoms with Crippen LogP contribution in [0.4, 0.5) is 4.79 Å². The van der Waals surface area contributed by atoms with E-state index in [1.807, 2.05) is 4.90 Å². The van der Waals surface area contributed by atoms with Crippen molar-refractivity contribution in [3.63, 3.8) is 0 Å². The third-order valence-corrected chi connectivity index (χ3v) is 4.41. The van der Waals surface area contributed by atoms with Crippen molar-refractivity contribution in [3.05, 3.63) is 35.4 Å². The summed E-state index contributed by atoms with van der Waals surface area (Å²) in [7, 11) is 0. The lowest BCUT2D eigenvalue weighted by Gasteiger charge is -2.32. The van der Waals surface area contributed by atoms with E-state index in [9.17, 15) is 4.79 Å². The van der Waals surface area contributed by atoms with E-state index in [-0.39, 0.29) is 12.1 Å². The molecule has 108 valence electrons. The fourth-order valence-corrected chi connectivity index (χ4v) is 3.16. The minimum atomic E-state index is -0.158. The van der Waals surface area contributed by atoms with Crippen molar-refractivity contribution in [1.29, 1.82) is 0 Å². The summed E-state index contributed by atoms with van der Waals surface area (Å²) in [6.07, 6.45) is 2.10. The minimum Gasteiger partial charge on any atom is -0.447 e. The van der Waals surface area contributed by atoms with Crippen LogP contribution in [0, 0.1) is 12.8 Å². The second kappa shape index (κ2) is 5.83. The zero-order chi connectivity index (χ0) is 13.9. The molecule has 0 aliphatic carbocycles. The molecule has 2 aliphatic heterocycles. The number of hydrogen-bond acceptors (Lipinski definition) is 3. The number of rotatable bonds is 3. The van der Waals surface area contributed by atoms with Crippen LogP contribution in [0.1, 0.15) is 24.0 Å². The highest BCUT2D eigenvalue weighted by molar-refractivity contribution is 5.70. The predicted molar refractivity (Wildman–Crippen MR) is 77.5 cm³/mol. The molecule has 2 saturated heterocycles. The number of benzene rings is 1. The van der Waals surface area contributed by atoms with Crippen LogP contribution >= 0.6 is 0 Å². The maximum absolute atomic E-state index is 12.0. The summed E-state index contributed by atoms with van der Waals surface area (Å²) >= 11 is 0. The average molecular weight is 274 g/mol. The lowest BCUT2D eigenvalue weighted by molar-refractivity contribution is 0.151. The molecule has 3 rings (SSSR count). The maximum atomic E-state index is 12.0. The fourth-order valence-electron chi connectivity index (χ4n) is 3.16. The Hall–Kier alpha value is -1.55. The van der Waals surface area contributed by atoms with Crippen molar-refractivity contribution in [2.45, 2.75) is 32.4 Å². The number of carbonyl (C=O) groups is 1. The molecule has 0 aromatic heterocycles. The predicted octanol–water partition coefficient (Wildman–Crippen LogP) is 2.32. The van der Waals surface area contributed by atoms with Gasteiger partial charge in [-0.25, -0.2) is 4.79 Å². The Kier molecular flexibility index (Phi) is 3.92. The van der Waals surface area contributed by atoms with Crippen molar-refractivity contribution in [2.75, 3.05) is 19.7 Å². The van der Waals surface area contributed by atoms with Crippen LogP contribution in [0.15, 0.2) is 24.3 Å². The van der Waals surface area contributed by atoms with Crippen LogP contribution in [0.3, 0.4) is 0 Å². The Morgan fingerprint density at radius 2 is 1.95 bits per heavy atom. The summed E-state index contributed by atoms with van der Waals surface area (Å²) < 4.78 is 5.29. The zero-order valence-electron chi connectivity index (χ0n) is 12.0. The lowest BCUT2D eigenvalue weighted by atomic mass is 9.90. The first-order chi connectivity index (χ1) is 9.74. The summed E-state index contributed by atoms with van der Waals surface area (Å²) in [5.74, 6) is 0.563. The monoisotopic (exact) mass is 274 g/mol. The number of piperidine rings is 1. The molecule has 1 atom stereocenters. The van der Waals surface area contributed by atoms with Crippen molar-refractivity contribution in [3.8, 4) is 0 Å². The molecule has 2 heterocycles. The van der Waals surface area contributed by atoms with Crippen molar-refractivity contribution < 1.29 is 9.53 Å². The van der Waals surface area contributed by atoms with E-state index in [0.29, 0.717) is 19.1 Å². The Bertz CT molecular complexity index is 466. The van der Waals surface area contributed by atoms with Crippen LogP contribution < -0.4 is 5.32 Å². The Morgan fingerprint density at radius 3 is 2.65 bits per heavy atom. The molecule has 4 nitrogen and oxygen atoms in total. The van der Waals surface area contributed by atoms with Gasteiger partial charge in [0.1, 0.15) is 6.61 Å². The summed E-state index contributed by atoms with van der Waals surface area (Å²) in [5, 5.41) is 3.38. The maximum Gasteiger partial charge on any atom is 0.410 e. The van der Waals surface area contributed by atoms with E-state index >= 15 is 0 Å². The Morgan fingerprint density at radius 1 is 1.25 bits per heavy atom. The highest BCUT2D eigenvalue weighted by Crippen LogP contribution is 2.27. The molecule has 4 heteroatoms. The molecule has 2 aliphatic rings. The normalized spacial score (nSPS) is 23.9. The van der Waals surface area contributed by atoms with Gasteiger partial charge in [0, 0.05) is 6.54 Å². The van der Waals surface area contributed by atoms with Gasteiger partial charge in [-0.05, 0) is 44.3 Å². The molecule has 0 spiro atoms. The third kappa shape index (κ3) is 2.80. The van der Waals surface area contributed by atoms with Gasteiger partial charge in [0.25, 0.3) is 0 Å². The summed E-state index contributed by atoms with van der Waals surface area (Å²) in [6, 6.07) is 8.62. The SMILES string of the molecule is Cc1ccc(CN2C(=O)OCC2C2CCNCC2)cc1.